The third-order valence-corrected chi connectivity index (χ3v) is 7.41. The maximum atomic E-state index is 11.9. The summed E-state index contributed by atoms with van der Waals surface area (Å²) < 4.78 is 23.9. The van der Waals surface area contributed by atoms with Crippen LogP contribution in [0.2, 0.25) is 0 Å². The molecule has 168 valence electrons. The largest absolute Gasteiger partial charge is 0.492 e. The van der Waals surface area contributed by atoms with Gasteiger partial charge >= 0.3 is 0 Å². The highest BCUT2D eigenvalue weighted by Gasteiger charge is 2.25. The molecule has 0 spiro atoms. The SMILES string of the molecule is CCN(CC)CCOc1ccc(OC2CCN(c3ncc4c(n3)CCS4=O)CC2)cc1. The van der Waals surface area contributed by atoms with E-state index in [1.165, 1.54) is 0 Å². The molecule has 0 N–H and O–H groups in total. The second kappa shape index (κ2) is 10.4. The fourth-order valence-corrected chi connectivity index (χ4v) is 5.21. The Morgan fingerprint density at radius 1 is 1.13 bits per heavy atom. The molecular weight excluding hydrogens is 412 g/mol. The molecule has 4 rings (SSSR count). The van der Waals surface area contributed by atoms with Crippen LogP contribution in [-0.2, 0) is 17.2 Å². The van der Waals surface area contributed by atoms with Crippen molar-refractivity contribution in [2.24, 2.45) is 0 Å². The lowest BCUT2D eigenvalue weighted by atomic mass is 10.1. The van der Waals surface area contributed by atoms with Crippen LogP contribution in [0.5, 0.6) is 11.5 Å². The predicted octanol–water partition coefficient (Wildman–Crippen LogP) is 2.91. The van der Waals surface area contributed by atoms with Gasteiger partial charge in [0.15, 0.2) is 0 Å². The molecule has 0 bridgehead atoms. The van der Waals surface area contributed by atoms with Gasteiger partial charge in [0.1, 0.15) is 24.2 Å². The number of nitrogens with zero attached hydrogens (tertiary/aromatic N) is 4. The molecule has 0 amide bonds. The number of likely N-dealkylation sites (N-methyl/N-ethyl adjacent to an activating group) is 1. The number of piperidine rings is 1. The first-order valence-electron chi connectivity index (χ1n) is 11.3. The van der Waals surface area contributed by atoms with E-state index < -0.39 is 10.8 Å². The average molecular weight is 445 g/mol. The van der Waals surface area contributed by atoms with E-state index in [0.717, 1.165) is 80.0 Å². The normalized spacial score (nSPS) is 18.9. The second-order valence-electron chi connectivity index (χ2n) is 7.93. The lowest BCUT2D eigenvalue weighted by Crippen LogP contribution is -2.39. The monoisotopic (exact) mass is 444 g/mol. The van der Waals surface area contributed by atoms with Crippen LogP contribution in [-0.4, -0.2) is 70.3 Å². The minimum absolute atomic E-state index is 0.188. The van der Waals surface area contributed by atoms with E-state index in [4.69, 9.17) is 9.47 Å². The van der Waals surface area contributed by atoms with E-state index in [-0.39, 0.29) is 6.10 Å². The molecular formula is C23H32N4O3S. The summed E-state index contributed by atoms with van der Waals surface area (Å²) in [6.45, 7) is 9.79. The number of benzene rings is 1. The molecule has 31 heavy (non-hydrogen) atoms. The number of rotatable bonds is 9. The molecule has 1 atom stereocenters. The Hall–Kier alpha value is -2.19. The number of anilines is 1. The molecule has 0 saturated carbocycles. The van der Waals surface area contributed by atoms with Gasteiger partial charge < -0.3 is 19.3 Å². The Morgan fingerprint density at radius 2 is 1.84 bits per heavy atom. The number of ether oxygens (including phenoxy) is 2. The molecule has 2 aliphatic rings. The number of hydrogen-bond donors (Lipinski definition) is 0. The highest BCUT2D eigenvalue weighted by Crippen LogP contribution is 2.26. The first-order valence-corrected chi connectivity index (χ1v) is 12.6. The predicted molar refractivity (Wildman–Crippen MR) is 123 cm³/mol. The molecule has 1 unspecified atom stereocenters. The van der Waals surface area contributed by atoms with Crippen LogP contribution in [0.15, 0.2) is 35.4 Å². The van der Waals surface area contributed by atoms with Crippen LogP contribution in [0.4, 0.5) is 5.95 Å². The van der Waals surface area contributed by atoms with Gasteiger partial charge in [-0.25, -0.2) is 9.97 Å². The van der Waals surface area contributed by atoms with E-state index in [0.29, 0.717) is 12.4 Å². The van der Waals surface area contributed by atoms with Crippen molar-refractivity contribution in [2.75, 3.05) is 50.0 Å². The molecule has 7 nitrogen and oxygen atoms in total. The molecule has 2 aliphatic heterocycles. The zero-order valence-electron chi connectivity index (χ0n) is 18.5. The standard InChI is InChI=1S/C23H32N4O3S/c1-3-26(4-2)14-15-29-18-5-7-19(8-6-18)30-20-9-12-27(13-10-20)23-24-17-22-21(25-23)11-16-31(22)28/h5-8,17,20H,3-4,9-16H2,1-2H3. The Bertz CT molecular complexity index is 881. The van der Waals surface area contributed by atoms with Gasteiger partial charge in [-0.1, -0.05) is 13.8 Å². The fourth-order valence-electron chi connectivity index (χ4n) is 4.03. The van der Waals surface area contributed by atoms with Crippen LogP contribution in [0, 0.1) is 0 Å². The lowest BCUT2D eigenvalue weighted by molar-refractivity contribution is 0.170. The van der Waals surface area contributed by atoms with Gasteiger partial charge in [0, 0.05) is 50.8 Å². The number of fused-ring (bicyclic) bond motifs is 1. The van der Waals surface area contributed by atoms with Crippen molar-refractivity contribution in [3.8, 4) is 11.5 Å². The summed E-state index contributed by atoms with van der Waals surface area (Å²) in [5, 5.41) is 0. The lowest BCUT2D eigenvalue weighted by Gasteiger charge is -2.32. The smallest absolute Gasteiger partial charge is 0.225 e. The maximum Gasteiger partial charge on any atom is 0.225 e. The van der Waals surface area contributed by atoms with Crippen LogP contribution >= 0.6 is 0 Å². The number of aromatic nitrogens is 2. The molecule has 3 heterocycles. The molecule has 1 fully saturated rings. The molecule has 0 aliphatic carbocycles. The average Bonchev–Trinajstić information content (AvgIpc) is 3.18. The summed E-state index contributed by atoms with van der Waals surface area (Å²) >= 11 is 0. The maximum absolute atomic E-state index is 11.9. The Morgan fingerprint density at radius 3 is 2.55 bits per heavy atom. The summed E-state index contributed by atoms with van der Waals surface area (Å²) in [5.74, 6) is 3.18. The Balaban J connectivity index is 1.23. The summed E-state index contributed by atoms with van der Waals surface area (Å²) in [5.41, 5.74) is 0.945. The molecule has 1 saturated heterocycles. The van der Waals surface area contributed by atoms with Crippen molar-refractivity contribution >= 4 is 16.7 Å². The van der Waals surface area contributed by atoms with Crippen molar-refractivity contribution in [3.63, 3.8) is 0 Å². The Kier molecular flexibility index (Phi) is 7.40. The van der Waals surface area contributed by atoms with E-state index in [9.17, 15) is 4.21 Å². The topological polar surface area (TPSA) is 67.8 Å². The van der Waals surface area contributed by atoms with E-state index in [2.05, 4.69) is 33.6 Å². The minimum atomic E-state index is -0.921. The minimum Gasteiger partial charge on any atom is -0.492 e. The second-order valence-corrected chi connectivity index (χ2v) is 9.47. The first-order chi connectivity index (χ1) is 15.2. The number of aryl methyl sites for hydroxylation is 1. The van der Waals surface area contributed by atoms with Crippen molar-refractivity contribution in [1.82, 2.24) is 14.9 Å². The van der Waals surface area contributed by atoms with Crippen molar-refractivity contribution in [1.29, 1.82) is 0 Å². The van der Waals surface area contributed by atoms with Crippen LogP contribution in [0.1, 0.15) is 32.4 Å². The van der Waals surface area contributed by atoms with Crippen molar-refractivity contribution < 1.29 is 13.7 Å². The zero-order chi connectivity index (χ0) is 21.6. The third-order valence-electron chi connectivity index (χ3n) is 6.01. The van der Waals surface area contributed by atoms with E-state index in [1.54, 1.807) is 6.20 Å². The summed E-state index contributed by atoms with van der Waals surface area (Å²) in [6, 6.07) is 7.94. The number of hydrogen-bond acceptors (Lipinski definition) is 7. The van der Waals surface area contributed by atoms with E-state index in [1.807, 2.05) is 24.3 Å². The van der Waals surface area contributed by atoms with E-state index >= 15 is 0 Å². The summed E-state index contributed by atoms with van der Waals surface area (Å²) in [7, 11) is -0.921. The van der Waals surface area contributed by atoms with Crippen LogP contribution < -0.4 is 14.4 Å². The van der Waals surface area contributed by atoms with Crippen LogP contribution in [0.25, 0.3) is 0 Å². The molecule has 8 heteroatoms. The highest BCUT2D eigenvalue weighted by atomic mass is 32.2. The molecule has 2 aromatic rings. The highest BCUT2D eigenvalue weighted by molar-refractivity contribution is 7.85. The molecule has 0 radical (unpaired) electrons. The molecule has 1 aromatic heterocycles. The van der Waals surface area contributed by atoms with Crippen LogP contribution in [0.3, 0.4) is 0 Å². The third kappa shape index (κ3) is 5.54. The van der Waals surface area contributed by atoms with Gasteiger partial charge in [-0.2, -0.15) is 0 Å². The fraction of sp³-hybridized carbons (Fsp3) is 0.565. The quantitative estimate of drug-likeness (QED) is 0.589. The molecule has 1 aromatic carbocycles. The van der Waals surface area contributed by atoms with Crippen molar-refractivity contribution in [3.05, 3.63) is 36.2 Å². The van der Waals surface area contributed by atoms with Gasteiger partial charge in [-0.3, -0.25) is 4.21 Å². The first kappa shape index (κ1) is 22.0. The van der Waals surface area contributed by atoms with Gasteiger partial charge in [-0.15, -0.1) is 0 Å². The van der Waals surface area contributed by atoms with Gasteiger partial charge in [0.2, 0.25) is 5.95 Å². The van der Waals surface area contributed by atoms with Gasteiger partial charge in [0.05, 0.1) is 21.4 Å². The summed E-state index contributed by atoms with van der Waals surface area (Å²) in [6.07, 6.45) is 4.57. The summed E-state index contributed by atoms with van der Waals surface area (Å²) in [4.78, 5) is 14.5. The van der Waals surface area contributed by atoms with Gasteiger partial charge in [-0.05, 0) is 37.4 Å². The van der Waals surface area contributed by atoms with Crippen molar-refractivity contribution in [2.45, 2.75) is 44.1 Å². The Labute approximate surface area is 187 Å². The van der Waals surface area contributed by atoms with Gasteiger partial charge in [0.25, 0.3) is 0 Å². The zero-order valence-corrected chi connectivity index (χ0v) is 19.3.